The van der Waals surface area contributed by atoms with Crippen LogP contribution in [0, 0.1) is 0 Å². The Labute approximate surface area is 127 Å². The molecule has 0 radical (unpaired) electrons. The number of halogens is 2. The van der Waals surface area contributed by atoms with Gasteiger partial charge < -0.3 is 5.11 Å². The van der Waals surface area contributed by atoms with Crippen LogP contribution < -0.4 is 0 Å². The van der Waals surface area contributed by atoms with Gasteiger partial charge in [0.1, 0.15) is 0 Å². The molecule has 0 aromatic heterocycles. The van der Waals surface area contributed by atoms with Crippen molar-refractivity contribution in [2.45, 2.75) is 18.9 Å². The summed E-state index contributed by atoms with van der Waals surface area (Å²) in [5, 5.41) is 10.3. The molecule has 2 rings (SSSR count). The molecule has 19 heavy (non-hydrogen) atoms. The fourth-order valence-corrected chi connectivity index (χ4v) is 2.79. The Hall–Kier alpha value is -0.830. The van der Waals surface area contributed by atoms with Gasteiger partial charge in [-0.2, -0.15) is 0 Å². The Morgan fingerprint density at radius 3 is 2.37 bits per heavy atom. The van der Waals surface area contributed by atoms with Gasteiger partial charge in [0.2, 0.25) is 0 Å². The Morgan fingerprint density at radius 1 is 1.11 bits per heavy atom. The van der Waals surface area contributed by atoms with E-state index in [4.69, 9.17) is 11.6 Å². The van der Waals surface area contributed by atoms with Crippen LogP contribution in [-0.4, -0.2) is 11.0 Å². The van der Waals surface area contributed by atoms with E-state index >= 15 is 0 Å². The van der Waals surface area contributed by atoms with E-state index in [-0.39, 0.29) is 0 Å². The zero-order valence-electron chi connectivity index (χ0n) is 10.7. The first kappa shape index (κ1) is 14.6. The molecule has 0 aliphatic carbocycles. The molecule has 1 N–H and O–H groups in total. The third-order valence-electron chi connectivity index (χ3n) is 3.25. The highest BCUT2D eigenvalue weighted by molar-refractivity contribution is 9.10. The Bertz CT molecular complexity index is 549. The molecule has 0 saturated carbocycles. The first-order valence-electron chi connectivity index (χ1n) is 6.18. The molecular formula is C16H16BrClO. The van der Waals surface area contributed by atoms with Gasteiger partial charge >= 0.3 is 0 Å². The summed E-state index contributed by atoms with van der Waals surface area (Å²) in [6, 6.07) is 16.1. The molecule has 0 fully saturated rings. The molecule has 0 bridgehead atoms. The molecule has 1 unspecified atom stereocenters. The first-order chi connectivity index (χ1) is 9.03. The predicted molar refractivity (Wildman–Crippen MR) is 84.5 cm³/mol. The average Bonchev–Trinajstić information content (AvgIpc) is 2.39. The molecule has 0 amide bonds. The summed E-state index contributed by atoms with van der Waals surface area (Å²) in [6.45, 7) is 1.80. The number of hydrogen-bond donors (Lipinski definition) is 1. The van der Waals surface area contributed by atoms with Crippen molar-refractivity contribution in [2.24, 2.45) is 0 Å². The van der Waals surface area contributed by atoms with Crippen LogP contribution in [0.5, 0.6) is 0 Å². The van der Waals surface area contributed by atoms with Crippen LogP contribution in [0.25, 0.3) is 11.1 Å². The minimum atomic E-state index is -0.864. The summed E-state index contributed by atoms with van der Waals surface area (Å²) in [6.07, 6.45) is 0.546. The largest absolute Gasteiger partial charge is 0.385 e. The lowest BCUT2D eigenvalue weighted by atomic mass is 9.92. The molecule has 1 nitrogen and oxygen atoms in total. The summed E-state index contributed by atoms with van der Waals surface area (Å²) in [4.78, 5) is 0. The zero-order chi connectivity index (χ0) is 13.9. The molecule has 100 valence electrons. The van der Waals surface area contributed by atoms with Crippen molar-refractivity contribution in [3.63, 3.8) is 0 Å². The summed E-state index contributed by atoms with van der Waals surface area (Å²) in [5.41, 5.74) is 2.31. The lowest BCUT2D eigenvalue weighted by Gasteiger charge is -2.23. The first-order valence-corrected chi connectivity index (χ1v) is 7.50. The van der Waals surface area contributed by atoms with Crippen LogP contribution in [0.2, 0.25) is 0 Å². The van der Waals surface area contributed by atoms with Crippen molar-refractivity contribution in [1.82, 2.24) is 0 Å². The normalized spacial score (nSPS) is 14.1. The number of aliphatic hydroxyl groups is 1. The monoisotopic (exact) mass is 338 g/mol. The lowest BCUT2D eigenvalue weighted by molar-refractivity contribution is 0.0540. The van der Waals surface area contributed by atoms with Crippen molar-refractivity contribution in [1.29, 1.82) is 0 Å². The van der Waals surface area contributed by atoms with Crippen LogP contribution in [0.4, 0.5) is 0 Å². The summed E-state index contributed by atoms with van der Waals surface area (Å²) in [7, 11) is 0. The van der Waals surface area contributed by atoms with Crippen LogP contribution in [0.1, 0.15) is 18.9 Å². The van der Waals surface area contributed by atoms with E-state index in [0.29, 0.717) is 12.3 Å². The van der Waals surface area contributed by atoms with Crippen molar-refractivity contribution >= 4 is 27.5 Å². The van der Waals surface area contributed by atoms with Gasteiger partial charge in [-0.05, 0) is 42.2 Å². The smallest absolute Gasteiger partial charge is 0.0879 e. The third-order valence-corrected chi connectivity index (χ3v) is 3.93. The number of hydrogen-bond acceptors (Lipinski definition) is 1. The van der Waals surface area contributed by atoms with Crippen LogP contribution in [-0.2, 0) is 5.60 Å². The summed E-state index contributed by atoms with van der Waals surface area (Å²) >= 11 is 9.19. The van der Waals surface area contributed by atoms with Gasteiger partial charge in [0.15, 0.2) is 0 Å². The number of alkyl halides is 1. The van der Waals surface area contributed by atoms with Gasteiger partial charge in [-0.3, -0.25) is 0 Å². The van der Waals surface area contributed by atoms with E-state index in [1.165, 1.54) is 0 Å². The van der Waals surface area contributed by atoms with E-state index < -0.39 is 5.60 Å². The molecule has 0 saturated heterocycles. The van der Waals surface area contributed by atoms with Gasteiger partial charge in [0, 0.05) is 10.4 Å². The summed E-state index contributed by atoms with van der Waals surface area (Å²) in [5.74, 6) is 0.445. The van der Waals surface area contributed by atoms with E-state index in [1.54, 1.807) is 6.92 Å². The molecule has 0 aliphatic rings. The highest BCUT2D eigenvalue weighted by Gasteiger charge is 2.21. The lowest BCUT2D eigenvalue weighted by Crippen LogP contribution is -2.21. The van der Waals surface area contributed by atoms with Crippen LogP contribution in [0.15, 0.2) is 53.0 Å². The maximum Gasteiger partial charge on any atom is 0.0879 e. The van der Waals surface area contributed by atoms with Gasteiger partial charge in [-0.25, -0.2) is 0 Å². The highest BCUT2D eigenvalue weighted by atomic mass is 79.9. The van der Waals surface area contributed by atoms with Gasteiger partial charge in [-0.15, -0.1) is 11.6 Å². The Balaban J connectivity index is 2.28. The second kappa shape index (κ2) is 6.08. The molecular weight excluding hydrogens is 324 g/mol. The quantitative estimate of drug-likeness (QED) is 0.781. The predicted octanol–water partition coefficient (Wildman–Crippen LogP) is 4.95. The number of benzene rings is 2. The fourth-order valence-electron chi connectivity index (χ4n) is 2.02. The molecule has 0 aliphatic heterocycles. The Morgan fingerprint density at radius 2 is 1.79 bits per heavy atom. The minimum Gasteiger partial charge on any atom is -0.385 e. The highest BCUT2D eigenvalue weighted by Crippen LogP contribution is 2.28. The fraction of sp³-hybridized carbons (Fsp3) is 0.250. The van der Waals surface area contributed by atoms with E-state index in [2.05, 4.69) is 28.1 Å². The van der Waals surface area contributed by atoms with Gasteiger partial charge in [0.25, 0.3) is 0 Å². The average molecular weight is 340 g/mol. The van der Waals surface area contributed by atoms with Crippen molar-refractivity contribution in [3.8, 4) is 11.1 Å². The molecule has 0 spiro atoms. The molecule has 2 aromatic rings. The van der Waals surface area contributed by atoms with Crippen molar-refractivity contribution in [3.05, 3.63) is 58.6 Å². The maximum absolute atomic E-state index is 10.3. The van der Waals surface area contributed by atoms with E-state index in [1.807, 2.05) is 36.4 Å². The molecule has 3 heteroatoms. The van der Waals surface area contributed by atoms with E-state index in [9.17, 15) is 5.11 Å². The number of rotatable bonds is 4. The van der Waals surface area contributed by atoms with Crippen LogP contribution in [0.3, 0.4) is 0 Å². The third kappa shape index (κ3) is 3.59. The van der Waals surface area contributed by atoms with Gasteiger partial charge in [0.05, 0.1) is 5.60 Å². The van der Waals surface area contributed by atoms with E-state index in [0.717, 1.165) is 21.2 Å². The standard InChI is InChI=1S/C16H16BrClO/c1-16(19,9-10-18)14-7-5-12(6-8-14)13-3-2-4-15(17)11-13/h2-8,11,19H,9-10H2,1H3. The topological polar surface area (TPSA) is 20.2 Å². The Kier molecular flexibility index (Phi) is 4.67. The summed E-state index contributed by atoms with van der Waals surface area (Å²) < 4.78 is 1.06. The molecule has 2 aromatic carbocycles. The molecule has 0 heterocycles. The molecule has 1 atom stereocenters. The SMILES string of the molecule is CC(O)(CCCl)c1ccc(-c2cccc(Br)c2)cc1. The van der Waals surface area contributed by atoms with Crippen molar-refractivity contribution < 1.29 is 5.11 Å². The van der Waals surface area contributed by atoms with Crippen molar-refractivity contribution in [2.75, 3.05) is 5.88 Å². The van der Waals surface area contributed by atoms with Crippen LogP contribution >= 0.6 is 27.5 Å². The zero-order valence-corrected chi connectivity index (χ0v) is 13.1. The van der Waals surface area contributed by atoms with Gasteiger partial charge in [-0.1, -0.05) is 52.3 Å². The second-order valence-electron chi connectivity index (χ2n) is 4.80. The minimum absolute atomic E-state index is 0.445. The maximum atomic E-state index is 10.3. The second-order valence-corrected chi connectivity index (χ2v) is 6.09.